The van der Waals surface area contributed by atoms with Crippen LogP contribution in [0, 0.1) is 0 Å². The standard InChI is InChI=1S/C21H28N2O2S/c1-6-10-23-17-9-8-15(11-16(17)14(3)13-21(23,4)5)12-18-19(24)22(7-2)20(25)26-18/h8-9,11-12,14H,6-7,10,13H2,1-5H3/b18-12+. The molecule has 5 heteroatoms. The fourth-order valence-corrected chi connectivity index (χ4v) is 5.07. The normalized spacial score (nSPS) is 23.7. The summed E-state index contributed by atoms with van der Waals surface area (Å²) in [6, 6.07) is 6.44. The molecule has 1 unspecified atom stereocenters. The van der Waals surface area contributed by atoms with Gasteiger partial charge in [0.1, 0.15) is 0 Å². The lowest BCUT2D eigenvalue weighted by Gasteiger charge is -2.47. The fraction of sp³-hybridized carbons (Fsp3) is 0.524. The zero-order chi connectivity index (χ0) is 19.1. The van der Waals surface area contributed by atoms with Gasteiger partial charge in [-0.3, -0.25) is 14.5 Å². The molecule has 0 aromatic heterocycles. The number of hydrogen-bond donors (Lipinski definition) is 0. The molecule has 140 valence electrons. The number of fused-ring (bicyclic) bond motifs is 1. The highest BCUT2D eigenvalue weighted by atomic mass is 32.2. The van der Waals surface area contributed by atoms with Gasteiger partial charge in [0.2, 0.25) is 0 Å². The molecule has 2 heterocycles. The van der Waals surface area contributed by atoms with Crippen LogP contribution in [0.3, 0.4) is 0 Å². The summed E-state index contributed by atoms with van der Waals surface area (Å²) >= 11 is 1.04. The van der Waals surface area contributed by atoms with Gasteiger partial charge in [0.15, 0.2) is 0 Å². The second-order valence-corrected chi connectivity index (χ2v) is 8.81. The Morgan fingerprint density at radius 2 is 2.00 bits per heavy atom. The van der Waals surface area contributed by atoms with E-state index in [-0.39, 0.29) is 16.7 Å². The van der Waals surface area contributed by atoms with Gasteiger partial charge in [0.25, 0.3) is 11.1 Å². The fourth-order valence-electron chi connectivity index (χ4n) is 4.17. The van der Waals surface area contributed by atoms with Gasteiger partial charge in [-0.15, -0.1) is 0 Å². The van der Waals surface area contributed by atoms with Crippen molar-refractivity contribution < 1.29 is 9.59 Å². The Morgan fingerprint density at radius 1 is 1.27 bits per heavy atom. The number of anilines is 1. The van der Waals surface area contributed by atoms with Crippen molar-refractivity contribution in [2.75, 3.05) is 18.0 Å². The summed E-state index contributed by atoms with van der Waals surface area (Å²) in [6.45, 7) is 12.4. The lowest BCUT2D eigenvalue weighted by Crippen LogP contribution is -2.48. The van der Waals surface area contributed by atoms with Crippen molar-refractivity contribution in [3.8, 4) is 0 Å². The van der Waals surface area contributed by atoms with Crippen LogP contribution in [-0.4, -0.2) is 34.7 Å². The zero-order valence-electron chi connectivity index (χ0n) is 16.3. The molecule has 2 aliphatic rings. The number of imide groups is 1. The molecule has 2 aliphatic heterocycles. The van der Waals surface area contributed by atoms with Crippen molar-refractivity contribution in [3.63, 3.8) is 0 Å². The quantitative estimate of drug-likeness (QED) is 0.677. The molecule has 1 fully saturated rings. The van der Waals surface area contributed by atoms with Gasteiger partial charge in [0.05, 0.1) is 4.91 Å². The predicted molar refractivity (Wildman–Crippen MR) is 110 cm³/mol. The summed E-state index contributed by atoms with van der Waals surface area (Å²) in [5.74, 6) is 0.286. The van der Waals surface area contributed by atoms with Crippen LogP contribution in [0.4, 0.5) is 10.5 Å². The summed E-state index contributed by atoms with van der Waals surface area (Å²) in [7, 11) is 0. The Kier molecular flexibility index (Phi) is 5.20. The number of nitrogens with zero attached hydrogens (tertiary/aromatic N) is 2. The van der Waals surface area contributed by atoms with Crippen LogP contribution >= 0.6 is 11.8 Å². The molecule has 1 aromatic rings. The summed E-state index contributed by atoms with van der Waals surface area (Å²) < 4.78 is 0. The molecule has 0 saturated carbocycles. The summed E-state index contributed by atoms with van der Waals surface area (Å²) in [5, 5.41) is -0.175. The van der Waals surface area contributed by atoms with E-state index in [1.165, 1.54) is 16.2 Å². The summed E-state index contributed by atoms with van der Waals surface area (Å²) in [6.07, 6.45) is 4.08. The number of likely N-dealkylation sites (N-methyl/N-ethyl adjacent to an activating group) is 1. The second kappa shape index (κ2) is 7.10. The third kappa shape index (κ3) is 3.29. The topological polar surface area (TPSA) is 40.6 Å². The van der Waals surface area contributed by atoms with Crippen molar-refractivity contribution in [1.82, 2.24) is 4.90 Å². The van der Waals surface area contributed by atoms with E-state index in [4.69, 9.17) is 0 Å². The van der Waals surface area contributed by atoms with E-state index in [0.29, 0.717) is 17.4 Å². The lowest BCUT2D eigenvalue weighted by atomic mass is 9.79. The molecule has 1 saturated heterocycles. The van der Waals surface area contributed by atoms with Crippen molar-refractivity contribution >= 4 is 34.7 Å². The Bertz CT molecular complexity index is 769. The van der Waals surface area contributed by atoms with E-state index in [9.17, 15) is 9.59 Å². The molecule has 0 radical (unpaired) electrons. The van der Waals surface area contributed by atoms with Crippen molar-refractivity contribution in [2.45, 2.75) is 58.9 Å². The molecule has 0 aliphatic carbocycles. The molecule has 4 nitrogen and oxygen atoms in total. The van der Waals surface area contributed by atoms with Gasteiger partial charge in [-0.1, -0.05) is 19.9 Å². The first-order valence-corrected chi connectivity index (χ1v) is 10.3. The smallest absolute Gasteiger partial charge is 0.293 e. The number of hydrogen-bond acceptors (Lipinski definition) is 4. The Hall–Kier alpha value is -1.75. The number of rotatable bonds is 4. The van der Waals surface area contributed by atoms with Crippen molar-refractivity contribution in [3.05, 3.63) is 34.2 Å². The largest absolute Gasteiger partial charge is 0.366 e. The van der Waals surface area contributed by atoms with Gasteiger partial charge < -0.3 is 4.90 Å². The number of benzene rings is 1. The first-order chi connectivity index (χ1) is 12.3. The highest BCUT2D eigenvalue weighted by molar-refractivity contribution is 8.18. The van der Waals surface area contributed by atoms with E-state index in [1.807, 2.05) is 13.0 Å². The third-order valence-corrected chi connectivity index (χ3v) is 6.25. The number of carbonyl (C=O) groups is 2. The average Bonchev–Trinajstić information content (AvgIpc) is 2.84. The highest BCUT2D eigenvalue weighted by Gasteiger charge is 2.36. The molecule has 1 atom stereocenters. The SMILES string of the molecule is CCCN1c2ccc(/C=C3/SC(=O)N(CC)C3=O)cc2C(C)CC1(C)C. The number of thioether (sulfide) groups is 1. The van der Waals surface area contributed by atoms with Crippen molar-refractivity contribution in [2.24, 2.45) is 0 Å². The molecule has 0 N–H and O–H groups in total. The summed E-state index contributed by atoms with van der Waals surface area (Å²) in [5.41, 5.74) is 3.78. The van der Waals surface area contributed by atoms with Crippen LogP contribution in [0.25, 0.3) is 6.08 Å². The first-order valence-electron chi connectivity index (χ1n) is 9.45. The minimum absolute atomic E-state index is 0.147. The average molecular weight is 373 g/mol. The Labute approximate surface area is 160 Å². The van der Waals surface area contributed by atoms with Crippen LogP contribution < -0.4 is 4.90 Å². The monoisotopic (exact) mass is 372 g/mol. The van der Waals surface area contributed by atoms with Gasteiger partial charge in [-0.25, -0.2) is 0 Å². The van der Waals surface area contributed by atoms with Crippen LogP contribution in [0.1, 0.15) is 64.5 Å². The molecular formula is C21H28N2O2S. The third-order valence-electron chi connectivity index (χ3n) is 5.34. The summed E-state index contributed by atoms with van der Waals surface area (Å²) in [4.78, 5) is 28.6. The molecule has 3 rings (SSSR count). The van der Waals surface area contributed by atoms with E-state index in [1.54, 1.807) is 0 Å². The lowest BCUT2D eigenvalue weighted by molar-refractivity contribution is -0.122. The molecule has 0 bridgehead atoms. The number of amides is 2. The van der Waals surface area contributed by atoms with Crippen LogP contribution in [0.15, 0.2) is 23.1 Å². The van der Waals surface area contributed by atoms with Gasteiger partial charge in [-0.2, -0.15) is 0 Å². The molecule has 1 aromatic carbocycles. The molecule has 26 heavy (non-hydrogen) atoms. The second-order valence-electron chi connectivity index (χ2n) is 7.81. The molecule has 0 spiro atoms. The van der Waals surface area contributed by atoms with E-state index >= 15 is 0 Å². The maximum atomic E-state index is 12.3. The molecule has 2 amide bonds. The Morgan fingerprint density at radius 3 is 2.62 bits per heavy atom. The minimum atomic E-state index is -0.179. The van der Waals surface area contributed by atoms with Crippen LogP contribution in [0.2, 0.25) is 0 Å². The Balaban J connectivity index is 1.97. The van der Waals surface area contributed by atoms with Crippen LogP contribution in [0.5, 0.6) is 0 Å². The first kappa shape index (κ1) is 19.0. The predicted octanol–water partition coefficient (Wildman–Crippen LogP) is 5.25. The highest BCUT2D eigenvalue weighted by Crippen LogP contribution is 2.44. The van der Waals surface area contributed by atoms with Crippen LogP contribution in [-0.2, 0) is 4.79 Å². The van der Waals surface area contributed by atoms with E-state index in [0.717, 1.165) is 36.7 Å². The minimum Gasteiger partial charge on any atom is -0.366 e. The van der Waals surface area contributed by atoms with E-state index < -0.39 is 0 Å². The maximum absolute atomic E-state index is 12.3. The van der Waals surface area contributed by atoms with Gasteiger partial charge in [0, 0.05) is 24.3 Å². The molecular weight excluding hydrogens is 344 g/mol. The van der Waals surface area contributed by atoms with E-state index in [2.05, 4.69) is 50.8 Å². The van der Waals surface area contributed by atoms with Crippen molar-refractivity contribution in [1.29, 1.82) is 0 Å². The maximum Gasteiger partial charge on any atom is 0.293 e. The van der Waals surface area contributed by atoms with Gasteiger partial charge >= 0.3 is 0 Å². The number of carbonyl (C=O) groups excluding carboxylic acids is 2. The zero-order valence-corrected chi connectivity index (χ0v) is 17.2. The van der Waals surface area contributed by atoms with Gasteiger partial charge in [-0.05, 0) is 80.6 Å².